The number of carboxylic acid groups (broad SMARTS) is 2. The highest BCUT2D eigenvalue weighted by atomic mass is 16.7. The normalized spacial score (nSPS) is 17.2. The molecule has 3 rings (SSSR count). The number of benzene rings is 1. The lowest BCUT2D eigenvalue weighted by Gasteiger charge is -2.26. The molecule has 2 N–H and O–H groups in total. The Bertz CT molecular complexity index is 663. The number of carbonyl (C=O) groups is 3. The van der Waals surface area contributed by atoms with Crippen LogP contribution in [-0.4, -0.2) is 78.3 Å². The van der Waals surface area contributed by atoms with E-state index in [1.54, 1.807) is 6.92 Å². The van der Waals surface area contributed by atoms with Gasteiger partial charge in [0.2, 0.25) is 0 Å². The van der Waals surface area contributed by atoms with Crippen LogP contribution in [0.3, 0.4) is 0 Å². The fraction of sp³-hybridized carbons (Fsp3) is 0.500. The Balaban J connectivity index is 0.000000409. The lowest BCUT2D eigenvalue weighted by molar-refractivity contribution is -0.159. The molecule has 0 amide bonds. The summed E-state index contributed by atoms with van der Waals surface area (Å²) in [6.45, 7) is 6.11. The van der Waals surface area contributed by atoms with E-state index >= 15 is 0 Å². The van der Waals surface area contributed by atoms with E-state index in [0.717, 1.165) is 32.8 Å². The highest BCUT2D eigenvalue weighted by molar-refractivity contribution is 6.27. The molecule has 2 aliphatic rings. The summed E-state index contributed by atoms with van der Waals surface area (Å²) in [4.78, 5) is 32.4. The fourth-order valence-electron chi connectivity index (χ4n) is 2.60. The summed E-state index contributed by atoms with van der Waals surface area (Å²) in [5, 5.41) is 14.8. The molecule has 1 saturated heterocycles. The summed E-state index contributed by atoms with van der Waals surface area (Å²) in [7, 11) is 0. The maximum absolute atomic E-state index is 12.0. The van der Waals surface area contributed by atoms with Crippen molar-refractivity contribution in [1.82, 2.24) is 4.90 Å². The Morgan fingerprint density at radius 1 is 1.07 bits per heavy atom. The second-order valence-corrected chi connectivity index (χ2v) is 6.25. The van der Waals surface area contributed by atoms with Crippen molar-refractivity contribution in [2.45, 2.75) is 19.1 Å². The summed E-state index contributed by atoms with van der Waals surface area (Å²) < 4.78 is 22.0. The van der Waals surface area contributed by atoms with Crippen molar-refractivity contribution in [3.63, 3.8) is 0 Å². The van der Waals surface area contributed by atoms with Gasteiger partial charge in [-0.1, -0.05) is 12.1 Å². The fourth-order valence-corrected chi connectivity index (χ4v) is 2.60. The molecule has 0 spiro atoms. The minimum Gasteiger partial charge on any atom is -0.473 e. The van der Waals surface area contributed by atoms with E-state index in [1.165, 1.54) is 0 Å². The van der Waals surface area contributed by atoms with Gasteiger partial charge in [0.1, 0.15) is 13.0 Å². The third-order valence-electron chi connectivity index (χ3n) is 3.92. The van der Waals surface area contributed by atoms with E-state index in [9.17, 15) is 4.79 Å². The van der Waals surface area contributed by atoms with E-state index in [2.05, 4.69) is 4.90 Å². The highest BCUT2D eigenvalue weighted by Gasteiger charge is 2.39. The van der Waals surface area contributed by atoms with Gasteiger partial charge in [-0.15, -0.1) is 0 Å². The van der Waals surface area contributed by atoms with Gasteiger partial charge >= 0.3 is 17.9 Å². The quantitative estimate of drug-likeness (QED) is 0.537. The summed E-state index contributed by atoms with van der Waals surface area (Å²) in [5.41, 5.74) is 0. The van der Waals surface area contributed by atoms with Crippen molar-refractivity contribution < 1.29 is 43.5 Å². The predicted octanol–water partition coefficient (Wildman–Crippen LogP) is 0.595. The third-order valence-corrected chi connectivity index (χ3v) is 3.92. The summed E-state index contributed by atoms with van der Waals surface area (Å²) in [5.74, 6) is -3.63. The van der Waals surface area contributed by atoms with Gasteiger partial charge in [-0.3, -0.25) is 9.69 Å². The van der Waals surface area contributed by atoms with Gasteiger partial charge in [-0.05, 0) is 12.1 Å². The van der Waals surface area contributed by atoms with Crippen molar-refractivity contribution >= 4 is 17.9 Å². The number of esters is 1. The Morgan fingerprint density at radius 2 is 1.61 bits per heavy atom. The second-order valence-electron chi connectivity index (χ2n) is 6.25. The molecule has 0 saturated carbocycles. The van der Waals surface area contributed by atoms with Crippen LogP contribution in [0.2, 0.25) is 0 Å². The molecule has 0 bridgehead atoms. The van der Waals surface area contributed by atoms with Gasteiger partial charge in [0.25, 0.3) is 5.79 Å². The summed E-state index contributed by atoms with van der Waals surface area (Å²) >= 11 is 0. The number of hydrogen-bond donors (Lipinski definition) is 2. The highest BCUT2D eigenvalue weighted by Crippen LogP contribution is 2.40. The molecule has 1 aromatic carbocycles. The number of rotatable bonds is 5. The number of carboxylic acids is 2. The molecule has 2 heterocycles. The number of para-hydroxylation sites is 2. The summed E-state index contributed by atoms with van der Waals surface area (Å²) in [6.07, 6.45) is 0.0603. The van der Waals surface area contributed by atoms with Crippen LogP contribution in [0, 0.1) is 0 Å². The molecule has 1 aromatic rings. The standard InChI is InChI=1S/C16H21NO5.C2H2O4/c1-16(21-13-4-2-3-5-14(13)22-16)12-15(18)20-11-8-17-6-9-19-10-7-17;3-1(4)2(5)6/h2-5H,6-12H2,1H3;(H,3,4)(H,5,6). The van der Waals surface area contributed by atoms with Crippen molar-refractivity contribution in [3.8, 4) is 11.5 Å². The van der Waals surface area contributed by atoms with Crippen molar-refractivity contribution in [2.75, 3.05) is 39.5 Å². The number of fused-ring (bicyclic) bond motifs is 1. The molecule has 0 unspecified atom stereocenters. The molecule has 2 aliphatic heterocycles. The first kappa shape index (κ1) is 21.5. The number of carbonyl (C=O) groups excluding carboxylic acids is 1. The number of hydrogen-bond acceptors (Lipinski definition) is 8. The molecule has 0 radical (unpaired) electrons. The third kappa shape index (κ3) is 6.71. The van der Waals surface area contributed by atoms with Gasteiger partial charge in [0, 0.05) is 26.6 Å². The van der Waals surface area contributed by atoms with Crippen LogP contribution < -0.4 is 9.47 Å². The first-order valence-corrected chi connectivity index (χ1v) is 8.68. The number of morpholine rings is 1. The lowest BCUT2D eigenvalue weighted by atomic mass is 10.2. The molecule has 10 heteroatoms. The molecule has 0 atom stereocenters. The van der Waals surface area contributed by atoms with E-state index in [4.69, 9.17) is 38.7 Å². The molecule has 10 nitrogen and oxygen atoms in total. The van der Waals surface area contributed by atoms with E-state index in [-0.39, 0.29) is 12.4 Å². The number of aliphatic carboxylic acids is 2. The lowest BCUT2D eigenvalue weighted by Crippen LogP contribution is -2.40. The van der Waals surface area contributed by atoms with Crippen LogP contribution in [0.25, 0.3) is 0 Å². The maximum Gasteiger partial charge on any atom is 0.414 e. The largest absolute Gasteiger partial charge is 0.473 e. The van der Waals surface area contributed by atoms with Crippen LogP contribution in [0.4, 0.5) is 0 Å². The molecule has 0 aromatic heterocycles. The first-order chi connectivity index (χ1) is 13.3. The Kier molecular flexibility index (Phi) is 7.59. The SMILES string of the molecule is CC1(CC(=O)OCCN2CCOCC2)Oc2ccccc2O1.O=C(O)C(=O)O. The average Bonchev–Trinajstić information content (AvgIpc) is 2.98. The van der Waals surface area contributed by atoms with E-state index in [0.29, 0.717) is 18.1 Å². The topological polar surface area (TPSA) is 132 Å². The minimum atomic E-state index is -1.82. The van der Waals surface area contributed by atoms with Gasteiger partial charge in [0.05, 0.1) is 13.2 Å². The van der Waals surface area contributed by atoms with Crippen molar-refractivity contribution in [1.29, 1.82) is 0 Å². The monoisotopic (exact) mass is 397 g/mol. The van der Waals surface area contributed by atoms with Gasteiger partial charge in [0.15, 0.2) is 11.5 Å². The van der Waals surface area contributed by atoms with E-state index < -0.39 is 17.7 Å². The number of nitrogens with zero attached hydrogens (tertiary/aromatic N) is 1. The maximum atomic E-state index is 12.0. The van der Waals surface area contributed by atoms with Crippen LogP contribution in [0.5, 0.6) is 11.5 Å². The van der Waals surface area contributed by atoms with E-state index in [1.807, 2.05) is 24.3 Å². The zero-order valence-electron chi connectivity index (χ0n) is 15.5. The Morgan fingerprint density at radius 3 is 2.11 bits per heavy atom. The molecule has 28 heavy (non-hydrogen) atoms. The molecular formula is C18H23NO9. The Hall–Kier alpha value is -2.85. The molecule has 154 valence electrons. The number of ether oxygens (including phenoxy) is 4. The molecule has 0 aliphatic carbocycles. The smallest absolute Gasteiger partial charge is 0.414 e. The Labute approximate surface area is 161 Å². The van der Waals surface area contributed by atoms with Gasteiger partial charge in [-0.2, -0.15) is 0 Å². The second kappa shape index (κ2) is 9.90. The average molecular weight is 397 g/mol. The van der Waals surface area contributed by atoms with Gasteiger partial charge < -0.3 is 29.2 Å². The van der Waals surface area contributed by atoms with Crippen molar-refractivity contribution in [3.05, 3.63) is 24.3 Å². The van der Waals surface area contributed by atoms with Crippen LogP contribution in [0.1, 0.15) is 13.3 Å². The molecular weight excluding hydrogens is 374 g/mol. The van der Waals surface area contributed by atoms with Crippen LogP contribution >= 0.6 is 0 Å². The summed E-state index contributed by atoms with van der Waals surface area (Å²) in [6, 6.07) is 7.39. The van der Waals surface area contributed by atoms with Crippen LogP contribution in [-0.2, 0) is 23.9 Å². The van der Waals surface area contributed by atoms with Gasteiger partial charge in [-0.25, -0.2) is 9.59 Å². The predicted molar refractivity (Wildman–Crippen MR) is 94.2 cm³/mol. The minimum absolute atomic E-state index is 0.0603. The zero-order chi connectivity index (χ0) is 20.6. The van der Waals surface area contributed by atoms with Crippen LogP contribution in [0.15, 0.2) is 24.3 Å². The molecule has 1 fully saturated rings. The van der Waals surface area contributed by atoms with Crippen molar-refractivity contribution in [2.24, 2.45) is 0 Å². The zero-order valence-corrected chi connectivity index (χ0v) is 15.5. The first-order valence-electron chi connectivity index (χ1n) is 8.68.